The van der Waals surface area contributed by atoms with Gasteiger partial charge < -0.3 is 0 Å². The third-order valence-corrected chi connectivity index (χ3v) is 4.22. The zero-order valence-electron chi connectivity index (χ0n) is 11.5. The first-order valence-corrected chi connectivity index (χ1v) is 7.63. The summed E-state index contributed by atoms with van der Waals surface area (Å²) in [6.07, 6.45) is 0. The molecule has 0 amide bonds. The third kappa shape index (κ3) is 2.40. The van der Waals surface area contributed by atoms with Crippen LogP contribution < -0.4 is 0 Å². The van der Waals surface area contributed by atoms with E-state index in [0.29, 0.717) is 5.82 Å². The van der Waals surface area contributed by atoms with Crippen LogP contribution in [0.15, 0.2) is 60.0 Å². The SMILES string of the molecule is c1ccc(-c2csc(-c3ccc(-c4nnn[nH]4)cc3)n2)cc1. The molecule has 0 aliphatic heterocycles. The van der Waals surface area contributed by atoms with E-state index in [-0.39, 0.29) is 0 Å². The fourth-order valence-corrected chi connectivity index (χ4v) is 3.04. The van der Waals surface area contributed by atoms with Crippen LogP contribution in [-0.2, 0) is 0 Å². The van der Waals surface area contributed by atoms with E-state index >= 15 is 0 Å². The van der Waals surface area contributed by atoms with Gasteiger partial charge in [-0.1, -0.05) is 54.6 Å². The normalized spacial score (nSPS) is 10.7. The van der Waals surface area contributed by atoms with Crippen molar-refractivity contribution in [1.29, 1.82) is 0 Å². The van der Waals surface area contributed by atoms with E-state index in [9.17, 15) is 0 Å². The van der Waals surface area contributed by atoms with Gasteiger partial charge in [0.15, 0.2) is 5.82 Å². The van der Waals surface area contributed by atoms with Crippen molar-refractivity contribution in [3.63, 3.8) is 0 Å². The maximum atomic E-state index is 4.71. The molecule has 4 aromatic rings. The summed E-state index contributed by atoms with van der Waals surface area (Å²) in [4.78, 5) is 4.71. The first-order chi connectivity index (χ1) is 10.9. The Kier molecular flexibility index (Phi) is 3.21. The molecular weight excluding hydrogens is 294 g/mol. The lowest BCUT2D eigenvalue weighted by molar-refractivity contribution is 0.881. The summed E-state index contributed by atoms with van der Waals surface area (Å²) in [6.45, 7) is 0. The molecule has 106 valence electrons. The van der Waals surface area contributed by atoms with E-state index in [1.54, 1.807) is 11.3 Å². The number of thiazole rings is 1. The van der Waals surface area contributed by atoms with Crippen molar-refractivity contribution >= 4 is 11.3 Å². The van der Waals surface area contributed by atoms with Crippen molar-refractivity contribution < 1.29 is 0 Å². The summed E-state index contributed by atoms with van der Waals surface area (Å²) in [5, 5.41) is 16.9. The number of nitrogens with zero attached hydrogens (tertiary/aromatic N) is 4. The molecule has 6 heteroatoms. The van der Waals surface area contributed by atoms with Crippen molar-refractivity contribution in [2.75, 3.05) is 0 Å². The van der Waals surface area contributed by atoms with Crippen LogP contribution in [0.4, 0.5) is 0 Å². The van der Waals surface area contributed by atoms with Gasteiger partial charge in [-0.2, -0.15) is 0 Å². The van der Waals surface area contributed by atoms with Gasteiger partial charge in [0.1, 0.15) is 5.01 Å². The highest BCUT2D eigenvalue weighted by Gasteiger charge is 2.07. The summed E-state index contributed by atoms with van der Waals surface area (Å²) in [5.41, 5.74) is 4.18. The van der Waals surface area contributed by atoms with Gasteiger partial charge in [0.05, 0.1) is 5.69 Å². The summed E-state index contributed by atoms with van der Waals surface area (Å²) in [7, 11) is 0. The van der Waals surface area contributed by atoms with Crippen LogP contribution in [0.5, 0.6) is 0 Å². The van der Waals surface area contributed by atoms with Gasteiger partial charge >= 0.3 is 0 Å². The molecule has 2 aromatic heterocycles. The minimum atomic E-state index is 0.663. The highest BCUT2D eigenvalue weighted by atomic mass is 32.1. The smallest absolute Gasteiger partial charge is 0.179 e. The van der Waals surface area contributed by atoms with Crippen molar-refractivity contribution in [3.05, 3.63) is 60.0 Å². The zero-order valence-corrected chi connectivity index (χ0v) is 12.3. The van der Waals surface area contributed by atoms with E-state index in [1.807, 2.05) is 42.5 Å². The van der Waals surface area contributed by atoms with Crippen molar-refractivity contribution in [3.8, 4) is 33.2 Å². The van der Waals surface area contributed by atoms with Gasteiger partial charge in [-0.25, -0.2) is 10.1 Å². The number of rotatable bonds is 3. The number of hydrogen-bond acceptors (Lipinski definition) is 5. The van der Waals surface area contributed by atoms with Crippen molar-refractivity contribution in [1.82, 2.24) is 25.6 Å². The van der Waals surface area contributed by atoms with Gasteiger partial charge in [-0.05, 0) is 10.4 Å². The van der Waals surface area contributed by atoms with E-state index in [1.165, 1.54) is 0 Å². The Hall–Kier alpha value is -2.86. The fourth-order valence-electron chi connectivity index (χ4n) is 2.20. The summed E-state index contributed by atoms with van der Waals surface area (Å²) < 4.78 is 0. The number of nitrogens with one attached hydrogen (secondary N) is 1. The highest BCUT2D eigenvalue weighted by molar-refractivity contribution is 7.13. The number of aromatic nitrogens is 5. The molecule has 0 bridgehead atoms. The second kappa shape index (κ2) is 5.50. The monoisotopic (exact) mass is 305 g/mol. The number of hydrogen-bond donors (Lipinski definition) is 1. The summed E-state index contributed by atoms with van der Waals surface area (Å²) in [5.74, 6) is 0.663. The minimum Gasteiger partial charge on any atom is -0.239 e. The molecule has 0 aliphatic rings. The summed E-state index contributed by atoms with van der Waals surface area (Å²) >= 11 is 1.64. The topological polar surface area (TPSA) is 67.3 Å². The Balaban J connectivity index is 1.64. The van der Waals surface area contributed by atoms with Crippen LogP contribution in [0.1, 0.15) is 0 Å². The number of benzene rings is 2. The van der Waals surface area contributed by atoms with Crippen LogP contribution in [0, 0.1) is 0 Å². The molecule has 4 rings (SSSR count). The lowest BCUT2D eigenvalue weighted by Gasteiger charge is -1.99. The average molecular weight is 305 g/mol. The Bertz CT molecular complexity index is 867. The molecule has 0 saturated carbocycles. The Morgan fingerprint density at radius 1 is 0.818 bits per heavy atom. The lowest BCUT2D eigenvalue weighted by Crippen LogP contribution is -1.82. The summed E-state index contributed by atoms with van der Waals surface area (Å²) in [6, 6.07) is 18.2. The first-order valence-electron chi connectivity index (χ1n) is 6.75. The largest absolute Gasteiger partial charge is 0.239 e. The van der Waals surface area contributed by atoms with Gasteiger partial charge in [-0.3, -0.25) is 0 Å². The van der Waals surface area contributed by atoms with E-state index < -0.39 is 0 Å². The van der Waals surface area contributed by atoms with E-state index in [2.05, 4.69) is 38.1 Å². The number of aromatic amines is 1. The fraction of sp³-hybridized carbons (Fsp3) is 0. The second-order valence-corrected chi connectivity index (χ2v) is 5.59. The quantitative estimate of drug-likeness (QED) is 0.627. The number of H-pyrrole nitrogens is 1. The van der Waals surface area contributed by atoms with Gasteiger partial charge in [-0.15, -0.1) is 16.4 Å². The molecule has 0 radical (unpaired) electrons. The first kappa shape index (κ1) is 12.8. The Morgan fingerprint density at radius 3 is 2.32 bits per heavy atom. The Morgan fingerprint density at radius 2 is 1.59 bits per heavy atom. The van der Waals surface area contributed by atoms with Gasteiger partial charge in [0, 0.05) is 22.1 Å². The molecule has 0 atom stereocenters. The van der Waals surface area contributed by atoms with Crippen LogP contribution in [-0.4, -0.2) is 25.6 Å². The molecule has 5 nitrogen and oxygen atoms in total. The van der Waals surface area contributed by atoms with E-state index in [4.69, 9.17) is 4.98 Å². The van der Waals surface area contributed by atoms with Gasteiger partial charge in [0.25, 0.3) is 0 Å². The minimum absolute atomic E-state index is 0.663. The molecule has 0 spiro atoms. The molecule has 0 aliphatic carbocycles. The highest BCUT2D eigenvalue weighted by Crippen LogP contribution is 2.29. The predicted molar refractivity (Wildman–Crippen MR) is 86.2 cm³/mol. The standard InChI is InChI=1S/C16H11N5S/c1-2-4-11(5-3-1)14-10-22-16(17-14)13-8-6-12(7-9-13)15-18-20-21-19-15/h1-10H,(H,18,19,20,21). The third-order valence-electron chi connectivity index (χ3n) is 3.32. The predicted octanol–water partition coefficient (Wildman–Crippen LogP) is 3.66. The van der Waals surface area contributed by atoms with Crippen LogP contribution >= 0.6 is 11.3 Å². The molecule has 2 heterocycles. The van der Waals surface area contributed by atoms with Crippen LogP contribution in [0.3, 0.4) is 0 Å². The van der Waals surface area contributed by atoms with Crippen LogP contribution in [0.2, 0.25) is 0 Å². The van der Waals surface area contributed by atoms with Gasteiger partial charge in [0.2, 0.25) is 0 Å². The van der Waals surface area contributed by atoms with E-state index in [0.717, 1.165) is 27.4 Å². The lowest BCUT2D eigenvalue weighted by atomic mass is 10.1. The molecular formula is C16H11N5S. The van der Waals surface area contributed by atoms with Crippen molar-refractivity contribution in [2.45, 2.75) is 0 Å². The maximum absolute atomic E-state index is 4.71. The molecule has 0 unspecified atom stereocenters. The molecule has 0 fully saturated rings. The average Bonchev–Trinajstić information content (AvgIpc) is 3.28. The molecule has 2 aromatic carbocycles. The van der Waals surface area contributed by atoms with Crippen molar-refractivity contribution in [2.24, 2.45) is 0 Å². The zero-order chi connectivity index (χ0) is 14.8. The Labute approximate surface area is 130 Å². The number of tetrazole rings is 1. The molecule has 22 heavy (non-hydrogen) atoms. The second-order valence-electron chi connectivity index (χ2n) is 4.73. The maximum Gasteiger partial charge on any atom is 0.179 e. The van der Waals surface area contributed by atoms with Crippen LogP contribution in [0.25, 0.3) is 33.2 Å². The molecule has 0 saturated heterocycles. The molecule has 1 N–H and O–H groups in total.